The van der Waals surface area contributed by atoms with Gasteiger partial charge in [0.15, 0.2) is 0 Å². The summed E-state index contributed by atoms with van der Waals surface area (Å²) >= 11 is 0. The minimum Gasteiger partial charge on any atom is -0.508 e. The zero-order valence-electron chi connectivity index (χ0n) is 10.3. The Labute approximate surface area is 109 Å². The third-order valence-electron chi connectivity index (χ3n) is 2.35. The summed E-state index contributed by atoms with van der Waals surface area (Å²) in [6, 6.07) is 3.52. The highest BCUT2D eigenvalue weighted by Gasteiger charge is 2.38. The maximum absolute atomic E-state index is 12.4. The van der Waals surface area contributed by atoms with Crippen LogP contribution in [-0.2, 0) is 10.0 Å². The number of hydrogen-bond donors (Lipinski definition) is 1. The van der Waals surface area contributed by atoms with Crippen molar-refractivity contribution >= 4 is 10.0 Å². The van der Waals surface area contributed by atoms with Crippen LogP contribution in [0, 0.1) is 0 Å². The van der Waals surface area contributed by atoms with Crippen molar-refractivity contribution in [2.75, 3.05) is 6.54 Å². The SMILES string of the molecule is CC(C)N(CC(F)(F)F)S(=O)(=O)c1ccc(O)cc1. The number of nitrogens with zero attached hydrogens (tertiary/aromatic N) is 1. The van der Waals surface area contributed by atoms with Crippen LogP contribution in [0.15, 0.2) is 29.2 Å². The van der Waals surface area contributed by atoms with Gasteiger partial charge in [0.2, 0.25) is 10.0 Å². The lowest BCUT2D eigenvalue weighted by Gasteiger charge is -2.26. The monoisotopic (exact) mass is 297 g/mol. The minimum atomic E-state index is -4.62. The van der Waals surface area contributed by atoms with Gasteiger partial charge in [-0.3, -0.25) is 0 Å². The molecule has 0 heterocycles. The number of alkyl halides is 3. The fraction of sp³-hybridized carbons (Fsp3) is 0.455. The molecule has 0 bridgehead atoms. The summed E-state index contributed by atoms with van der Waals surface area (Å²) in [6.45, 7) is 1.18. The molecule has 4 nitrogen and oxygen atoms in total. The second kappa shape index (κ2) is 5.38. The van der Waals surface area contributed by atoms with E-state index in [-0.39, 0.29) is 10.6 Å². The highest BCUT2D eigenvalue weighted by atomic mass is 32.2. The van der Waals surface area contributed by atoms with Gasteiger partial charge in [-0.05, 0) is 38.1 Å². The fourth-order valence-corrected chi connectivity index (χ4v) is 3.10. The van der Waals surface area contributed by atoms with Gasteiger partial charge >= 0.3 is 6.18 Å². The van der Waals surface area contributed by atoms with Gasteiger partial charge in [-0.2, -0.15) is 17.5 Å². The lowest BCUT2D eigenvalue weighted by atomic mass is 10.3. The third-order valence-corrected chi connectivity index (χ3v) is 4.39. The van der Waals surface area contributed by atoms with Gasteiger partial charge in [-0.25, -0.2) is 8.42 Å². The second-order valence-corrected chi connectivity index (χ2v) is 6.14. The van der Waals surface area contributed by atoms with E-state index in [4.69, 9.17) is 5.11 Å². The molecule has 0 atom stereocenters. The zero-order chi connectivity index (χ0) is 14.8. The van der Waals surface area contributed by atoms with Crippen molar-refractivity contribution in [3.63, 3.8) is 0 Å². The maximum atomic E-state index is 12.4. The van der Waals surface area contributed by atoms with E-state index in [0.29, 0.717) is 4.31 Å². The Morgan fingerprint density at radius 2 is 1.68 bits per heavy atom. The van der Waals surface area contributed by atoms with Crippen molar-refractivity contribution in [1.29, 1.82) is 0 Å². The Morgan fingerprint density at radius 3 is 2.05 bits per heavy atom. The van der Waals surface area contributed by atoms with Gasteiger partial charge in [-0.1, -0.05) is 0 Å². The van der Waals surface area contributed by atoms with Crippen molar-refractivity contribution < 1.29 is 26.7 Å². The van der Waals surface area contributed by atoms with Crippen molar-refractivity contribution in [2.24, 2.45) is 0 Å². The van der Waals surface area contributed by atoms with E-state index in [1.807, 2.05) is 0 Å². The molecule has 0 radical (unpaired) electrons. The summed E-state index contributed by atoms with van der Waals surface area (Å²) in [5, 5.41) is 9.07. The van der Waals surface area contributed by atoms with E-state index >= 15 is 0 Å². The highest BCUT2D eigenvalue weighted by Crippen LogP contribution is 2.25. The van der Waals surface area contributed by atoms with Crippen LogP contribution in [0.1, 0.15) is 13.8 Å². The highest BCUT2D eigenvalue weighted by molar-refractivity contribution is 7.89. The summed E-state index contributed by atoms with van der Waals surface area (Å²) in [5.41, 5.74) is 0. The zero-order valence-corrected chi connectivity index (χ0v) is 11.2. The lowest BCUT2D eigenvalue weighted by Crippen LogP contribution is -2.43. The molecular weight excluding hydrogens is 283 g/mol. The smallest absolute Gasteiger partial charge is 0.402 e. The Hall–Kier alpha value is -1.28. The third kappa shape index (κ3) is 4.10. The molecule has 0 aliphatic heterocycles. The summed E-state index contributed by atoms with van der Waals surface area (Å²) < 4.78 is 61.9. The van der Waals surface area contributed by atoms with Gasteiger partial charge in [-0.15, -0.1) is 0 Å². The predicted molar refractivity (Wildman–Crippen MR) is 63.2 cm³/mol. The van der Waals surface area contributed by atoms with E-state index in [9.17, 15) is 21.6 Å². The molecule has 0 aliphatic rings. The molecule has 0 saturated heterocycles. The topological polar surface area (TPSA) is 57.6 Å². The van der Waals surface area contributed by atoms with Crippen molar-refractivity contribution in [3.05, 3.63) is 24.3 Å². The number of aromatic hydroxyl groups is 1. The van der Waals surface area contributed by atoms with Crippen molar-refractivity contribution in [2.45, 2.75) is 31.0 Å². The molecule has 0 spiro atoms. The average Bonchev–Trinajstić information content (AvgIpc) is 2.25. The molecule has 0 fully saturated rings. The van der Waals surface area contributed by atoms with Crippen LogP contribution in [0.25, 0.3) is 0 Å². The van der Waals surface area contributed by atoms with Crippen LogP contribution in [-0.4, -0.2) is 36.6 Å². The normalized spacial score (nSPS) is 13.2. The molecule has 8 heteroatoms. The van der Waals surface area contributed by atoms with E-state index < -0.39 is 28.8 Å². The van der Waals surface area contributed by atoms with E-state index in [1.54, 1.807) is 0 Å². The van der Waals surface area contributed by atoms with Crippen molar-refractivity contribution in [3.8, 4) is 5.75 Å². The molecule has 0 unspecified atom stereocenters. The Balaban J connectivity index is 3.17. The van der Waals surface area contributed by atoms with Crippen LogP contribution in [0.5, 0.6) is 5.75 Å². The first-order valence-corrected chi connectivity index (χ1v) is 6.85. The van der Waals surface area contributed by atoms with E-state index in [1.165, 1.54) is 13.8 Å². The van der Waals surface area contributed by atoms with Crippen LogP contribution in [0.4, 0.5) is 13.2 Å². The molecule has 1 aromatic rings. The van der Waals surface area contributed by atoms with Crippen LogP contribution >= 0.6 is 0 Å². The molecule has 1 rings (SSSR count). The average molecular weight is 297 g/mol. The number of phenolic OH excluding ortho intramolecular Hbond substituents is 1. The standard InChI is InChI=1S/C11H14F3NO3S/c1-8(2)15(7-11(12,13)14)19(17,18)10-5-3-9(16)4-6-10/h3-6,8,16H,7H2,1-2H3. The Kier molecular flexibility index (Phi) is 4.46. The van der Waals surface area contributed by atoms with Crippen molar-refractivity contribution in [1.82, 2.24) is 4.31 Å². The first-order valence-electron chi connectivity index (χ1n) is 5.41. The van der Waals surface area contributed by atoms with Gasteiger partial charge in [0, 0.05) is 6.04 Å². The fourth-order valence-electron chi connectivity index (χ4n) is 1.48. The molecule has 0 aliphatic carbocycles. The van der Waals surface area contributed by atoms with E-state index in [0.717, 1.165) is 24.3 Å². The van der Waals surface area contributed by atoms with Crippen LogP contribution in [0.3, 0.4) is 0 Å². The van der Waals surface area contributed by atoms with Crippen LogP contribution < -0.4 is 0 Å². The molecule has 108 valence electrons. The predicted octanol–water partition coefficient (Wildman–Crippen LogP) is 2.35. The molecular formula is C11H14F3NO3S. The molecule has 0 saturated carbocycles. The minimum absolute atomic E-state index is 0.161. The van der Waals surface area contributed by atoms with Gasteiger partial charge in [0.25, 0.3) is 0 Å². The molecule has 0 aromatic heterocycles. The quantitative estimate of drug-likeness (QED) is 0.928. The first kappa shape index (κ1) is 15.8. The number of phenols is 1. The molecule has 1 aromatic carbocycles. The Morgan fingerprint density at radius 1 is 1.21 bits per heavy atom. The summed E-state index contributed by atoms with van der Waals surface area (Å²) in [7, 11) is -4.25. The number of sulfonamides is 1. The Bertz CT molecular complexity index is 523. The number of halogens is 3. The number of benzene rings is 1. The maximum Gasteiger partial charge on any atom is 0.402 e. The number of rotatable bonds is 4. The summed E-state index contributed by atoms with van der Waals surface area (Å²) in [6.07, 6.45) is -4.62. The summed E-state index contributed by atoms with van der Waals surface area (Å²) in [4.78, 5) is -0.289. The lowest BCUT2D eigenvalue weighted by molar-refractivity contribution is -0.138. The van der Waals surface area contributed by atoms with E-state index in [2.05, 4.69) is 0 Å². The molecule has 19 heavy (non-hydrogen) atoms. The first-order chi connectivity index (χ1) is 8.54. The van der Waals surface area contributed by atoms with Gasteiger partial charge < -0.3 is 5.11 Å². The molecule has 1 N–H and O–H groups in total. The summed E-state index contributed by atoms with van der Waals surface area (Å²) in [5.74, 6) is -0.161. The largest absolute Gasteiger partial charge is 0.508 e. The molecule has 0 amide bonds. The van der Waals surface area contributed by atoms with Crippen LogP contribution in [0.2, 0.25) is 0 Å². The second-order valence-electron chi connectivity index (χ2n) is 4.25. The van der Waals surface area contributed by atoms with Gasteiger partial charge in [0.1, 0.15) is 12.3 Å². The number of hydrogen-bond acceptors (Lipinski definition) is 3. The van der Waals surface area contributed by atoms with Gasteiger partial charge in [0.05, 0.1) is 4.90 Å².